The number of carbonyl (C=O) groups is 2. The smallest absolute Gasteiger partial charge is 0.224 e. The molecule has 3 rings (SSSR count). The highest BCUT2D eigenvalue weighted by atomic mass is 32.1. The molecule has 1 fully saturated rings. The van der Waals surface area contributed by atoms with Crippen LogP contribution in [0.15, 0.2) is 23.6 Å². The van der Waals surface area contributed by atoms with Crippen molar-refractivity contribution in [3.63, 3.8) is 0 Å². The van der Waals surface area contributed by atoms with Crippen molar-refractivity contribution in [2.75, 3.05) is 20.1 Å². The molecule has 0 bridgehead atoms. The number of thiophene rings is 1. The average Bonchev–Trinajstić information content (AvgIpc) is 3.24. The molecular formula is C18H24N4O2S. The van der Waals surface area contributed by atoms with Crippen LogP contribution in [0.1, 0.15) is 37.8 Å². The van der Waals surface area contributed by atoms with Gasteiger partial charge in [-0.2, -0.15) is 5.10 Å². The number of aromatic nitrogens is 2. The molecule has 1 N–H and O–H groups in total. The third kappa shape index (κ3) is 4.69. The van der Waals surface area contributed by atoms with Gasteiger partial charge < -0.3 is 9.80 Å². The summed E-state index contributed by atoms with van der Waals surface area (Å²) in [4.78, 5) is 29.0. The lowest BCUT2D eigenvalue weighted by Gasteiger charge is -2.22. The molecule has 1 saturated heterocycles. The highest BCUT2D eigenvalue weighted by molar-refractivity contribution is 7.13. The average molecular weight is 360 g/mol. The van der Waals surface area contributed by atoms with Gasteiger partial charge in [-0.05, 0) is 30.4 Å². The summed E-state index contributed by atoms with van der Waals surface area (Å²) in [6.45, 7) is 1.79. The molecule has 0 unspecified atom stereocenters. The second-order valence-electron chi connectivity index (χ2n) is 6.45. The van der Waals surface area contributed by atoms with Crippen LogP contribution in [0.4, 0.5) is 0 Å². The highest BCUT2D eigenvalue weighted by Crippen LogP contribution is 2.23. The molecule has 25 heavy (non-hydrogen) atoms. The number of aromatic amines is 1. The van der Waals surface area contributed by atoms with Crippen molar-refractivity contribution < 1.29 is 9.59 Å². The second kappa shape index (κ2) is 8.29. The number of likely N-dealkylation sites (tertiary alicyclic amines) is 1. The second-order valence-corrected chi connectivity index (χ2v) is 7.39. The Kier molecular flexibility index (Phi) is 5.86. The summed E-state index contributed by atoms with van der Waals surface area (Å²) in [5.74, 6) is 0.228. The first-order valence-corrected chi connectivity index (χ1v) is 9.61. The van der Waals surface area contributed by atoms with E-state index in [1.807, 2.05) is 28.5 Å². The number of nitrogens with zero attached hydrogens (tertiary/aromatic N) is 3. The molecule has 2 aromatic heterocycles. The molecule has 0 spiro atoms. The van der Waals surface area contributed by atoms with E-state index in [0.29, 0.717) is 25.9 Å². The van der Waals surface area contributed by atoms with Crippen molar-refractivity contribution in [3.05, 3.63) is 29.3 Å². The van der Waals surface area contributed by atoms with E-state index in [2.05, 4.69) is 10.2 Å². The van der Waals surface area contributed by atoms with Crippen LogP contribution >= 0.6 is 11.3 Å². The number of carbonyl (C=O) groups excluding carboxylic acids is 2. The zero-order valence-electron chi connectivity index (χ0n) is 14.5. The summed E-state index contributed by atoms with van der Waals surface area (Å²) in [7, 11) is 1.79. The summed E-state index contributed by atoms with van der Waals surface area (Å²) in [6.07, 6.45) is 4.09. The number of nitrogens with one attached hydrogen (secondary N) is 1. The van der Waals surface area contributed by atoms with E-state index in [4.69, 9.17) is 0 Å². The minimum absolute atomic E-state index is 0.0457. The van der Waals surface area contributed by atoms with E-state index in [9.17, 15) is 9.59 Å². The summed E-state index contributed by atoms with van der Waals surface area (Å²) in [5, 5.41) is 9.32. The molecule has 6 nitrogen and oxygen atoms in total. The predicted molar refractivity (Wildman–Crippen MR) is 98.0 cm³/mol. The molecule has 0 aliphatic carbocycles. The maximum Gasteiger partial charge on any atom is 0.224 e. The molecule has 3 heterocycles. The molecule has 0 aromatic carbocycles. The minimum atomic E-state index is 0.0457. The zero-order valence-corrected chi connectivity index (χ0v) is 15.3. The fraction of sp³-hybridized carbons (Fsp3) is 0.500. The zero-order chi connectivity index (χ0) is 17.6. The van der Waals surface area contributed by atoms with Crippen LogP contribution in [0.3, 0.4) is 0 Å². The lowest BCUT2D eigenvalue weighted by molar-refractivity contribution is -0.133. The maximum absolute atomic E-state index is 12.4. The molecule has 0 radical (unpaired) electrons. The minimum Gasteiger partial charge on any atom is -0.342 e. The van der Waals surface area contributed by atoms with E-state index < -0.39 is 0 Å². The van der Waals surface area contributed by atoms with Crippen molar-refractivity contribution >= 4 is 23.2 Å². The number of hydrogen-bond acceptors (Lipinski definition) is 4. The summed E-state index contributed by atoms with van der Waals surface area (Å²) in [6, 6.07) is 6.00. The molecule has 134 valence electrons. The van der Waals surface area contributed by atoms with Crippen LogP contribution in [-0.2, 0) is 16.1 Å². The Bertz CT molecular complexity index is 710. The van der Waals surface area contributed by atoms with E-state index in [1.165, 1.54) is 0 Å². The van der Waals surface area contributed by atoms with E-state index in [1.54, 1.807) is 23.3 Å². The number of amides is 2. The van der Waals surface area contributed by atoms with Gasteiger partial charge in [0.25, 0.3) is 0 Å². The molecule has 2 amide bonds. The number of rotatable bonds is 6. The van der Waals surface area contributed by atoms with E-state index in [0.717, 1.165) is 42.1 Å². The molecule has 0 atom stereocenters. The van der Waals surface area contributed by atoms with Crippen molar-refractivity contribution in [1.82, 2.24) is 20.0 Å². The SMILES string of the molecule is CN(Cc1cc(-c2cccs2)n[nH]1)C(=O)CCN1CCCCCC1=O. The van der Waals surface area contributed by atoms with Crippen LogP contribution < -0.4 is 0 Å². The Hall–Kier alpha value is -2.15. The first kappa shape index (κ1) is 17.7. The van der Waals surface area contributed by atoms with E-state index in [-0.39, 0.29) is 11.8 Å². The quantitative estimate of drug-likeness (QED) is 0.861. The molecule has 1 aliphatic rings. The Morgan fingerprint density at radius 1 is 1.40 bits per heavy atom. The van der Waals surface area contributed by atoms with Crippen molar-refractivity contribution in [2.45, 2.75) is 38.6 Å². The highest BCUT2D eigenvalue weighted by Gasteiger charge is 2.19. The van der Waals surface area contributed by atoms with Gasteiger partial charge in [-0.15, -0.1) is 11.3 Å². The van der Waals surface area contributed by atoms with Gasteiger partial charge in [0.2, 0.25) is 11.8 Å². The summed E-state index contributed by atoms with van der Waals surface area (Å²) >= 11 is 1.64. The Balaban J connectivity index is 1.50. The van der Waals surface area contributed by atoms with Crippen molar-refractivity contribution in [2.24, 2.45) is 0 Å². The monoisotopic (exact) mass is 360 g/mol. The first-order chi connectivity index (χ1) is 12.1. The van der Waals surface area contributed by atoms with Gasteiger partial charge in [0.15, 0.2) is 0 Å². The summed E-state index contributed by atoms with van der Waals surface area (Å²) in [5.41, 5.74) is 1.81. The Morgan fingerprint density at radius 3 is 3.08 bits per heavy atom. The lowest BCUT2D eigenvalue weighted by Crippen LogP contribution is -2.35. The third-order valence-electron chi connectivity index (χ3n) is 4.50. The molecule has 1 aliphatic heterocycles. The van der Waals surface area contributed by atoms with Gasteiger partial charge in [-0.25, -0.2) is 0 Å². The first-order valence-electron chi connectivity index (χ1n) is 8.73. The Morgan fingerprint density at radius 2 is 2.28 bits per heavy atom. The number of H-pyrrole nitrogens is 1. The molecule has 0 saturated carbocycles. The van der Waals surface area contributed by atoms with Crippen LogP contribution in [0.2, 0.25) is 0 Å². The predicted octanol–water partition coefficient (Wildman–Crippen LogP) is 2.89. The van der Waals surface area contributed by atoms with Gasteiger partial charge in [-0.3, -0.25) is 14.7 Å². The van der Waals surface area contributed by atoms with Crippen molar-refractivity contribution in [3.8, 4) is 10.6 Å². The van der Waals surface area contributed by atoms with Gasteiger partial charge in [0.05, 0.1) is 17.1 Å². The fourth-order valence-electron chi connectivity index (χ4n) is 3.03. The fourth-order valence-corrected chi connectivity index (χ4v) is 3.72. The van der Waals surface area contributed by atoms with Crippen LogP contribution in [0.5, 0.6) is 0 Å². The van der Waals surface area contributed by atoms with Crippen LogP contribution in [0.25, 0.3) is 10.6 Å². The number of hydrogen-bond donors (Lipinski definition) is 1. The largest absolute Gasteiger partial charge is 0.342 e. The standard InChI is InChI=1S/C18H24N4O2S/c1-21(13-14-12-15(20-19-14)16-6-5-11-25-16)17(23)8-10-22-9-4-2-3-7-18(22)24/h5-6,11-12H,2-4,7-10,13H2,1H3,(H,19,20). The molecule has 2 aromatic rings. The normalized spacial score (nSPS) is 15.2. The van der Waals surface area contributed by atoms with Gasteiger partial charge in [0, 0.05) is 33.0 Å². The van der Waals surface area contributed by atoms with Crippen LogP contribution in [-0.4, -0.2) is 51.9 Å². The van der Waals surface area contributed by atoms with Crippen LogP contribution in [0, 0.1) is 0 Å². The van der Waals surface area contributed by atoms with Gasteiger partial charge in [-0.1, -0.05) is 12.5 Å². The van der Waals surface area contributed by atoms with Gasteiger partial charge >= 0.3 is 0 Å². The topological polar surface area (TPSA) is 69.3 Å². The van der Waals surface area contributed by atoms with Gasteiger partial charge in [0.1, 0.15) is 5.69 Å². The molecular weight excluding hydrogens is 336 g/mol. The summed E-state index contributed by atoms with van der Waals surface area (Å²) < 4.78 is 0. The van der Waals surface area contributed by atoms with E-state index >= 15 is 0 Å². The maximum atomic E-state index is 12.4. The Labute approximate surface area is 151 Å². The third-order valence-corrected chi connectivity index (χ3v) is 5.40. The lowest BCUT2D eigenvalue weighted by atomic mass is 10.2. The van der Waals surface area contributed by atoms with Crippen molar-refractivity contribution in [1.29, 1.82) is 0 Å². The molecule has 7 heteroatoms.